The predicted molar refractivity (Wildman–Crippen MR) is 102 cm³/mol. The molecule has 1 aliphatic rings. The second-order valence-corrected chi connectivity index (χ2v) is 8.21. The SMILES string of the molecule is CCOC(=O)c1ccc(CCc2ccc3c(c2)C(C)(C)CCS3)nc1. The highest BCUT2D eigenvalue weighted by molar-refractivity contribution is 7.99. The number of ether oxygens (including phenoxy) is 1. The van der Waals surface area contributed by atoms with Crippen molar-refractivity contribution in [1.82, 2.24) is 4.98 Å². The highest BCUT2D eigenvalue weighted by Gasteiger charge is 2.27. The molecular formula is C21H25NO2S. The second kappa shape index (κ2) is 7.61. The highest BCUT2D eigenvalue weighted by Crippen LogP contribution is 2.41. The molecule has 0 saturated heterocycles. The number of nitrogens with zero attached hydrogens (tertiary/aromatic N) is 1. The van der Waals surface area contributed by atoms with Gasteiger partial charge >= 0.3 is 5.97 Å². The Balaban J connectivity index is 1.67. The standard InChI is InChI=1S/C21H25NO2S/c1-4-24-20(23)16-7-9-17(22-14-16)8-5-15-6-10-19-18(13-15)21(2,3)11-12-25-19/h6-7,9-10,13-14H,4-5,8,11-12H2,1-3H3. The fourth-order valence-corrected chi connectivity index (χ4v) is 4.61. The van der Waals surface area contributed by atoms with Gasteiger partial charge < -0.3 is 4.74 Å². The Morgan fingerprint density at radius 1 is 1.24 bits per heavy atom. The number of pyridine rings is 1. The molecule has 0 unspecified atom stereocenters. The molecule has 3 nitrogen and oxygen atoms in total. The average molecular weight is 356 g/mol. The van der Waals surface area contributed by atoms with Crippen LogP contribution in [0.25, 0.3) is 0 Å². The number of carbonyl (C=O) groups is 1. The van der Waals surface area contributed by atoms with Crippen molar-refractivity contribution in [2.24, 2.45) is 0 Å². The fourth-order valence-electron chi connectivity index (χ4n) is 3.12. The molecule has 1 aromatic heterocycles. The summed E-state index contributed by atoms with van der Waals surface area (Å²) in [5, 5.41) is 0. The molecular weight excluding hydrogens is 330 g/mol. The molecule has 1 aromatic carbocycles. The second-order valence-electron chi connectivity index (χ2n) is 7.07. The predicted octanol–water partition coefficient (Wildman–Crippen LogP) is 4.82. The molecule has 2 aromatic rings. The molecule has 2 heterocycles. The van der Waals surface area contributed by atoms with Crippen LogP contribution in [0.1, 0.15) is 54.4 Å². The summed E-state index contributed by atoms with van der Waals surface area (Å²) in [6.07, 6.45) is 4.67. The van der Waals surface area contributed by atoms with Gasteiger partial charge in [-0.1, -0.05) is 26.0 Å². The molecule has 0 atom stereocenters. The largest absolute Gasteiger partial charge is 0.462 e. The number of hydrogen-bond acceptors (Lipinski definition) is 4. The van der Waals surface area contributed by atoms with Crippen molar-refractivity contribution in [1.29, 1.82) is 0 Å². The summed E-state index contributed by atoms with van der Waals surface area (Å²) in [5.74, 6) is 0.895. The Morgan fingerprint density at radius 2 is 2.08 bits per heavy atom. The number of aryl methyl sites for hydroxylation is 2. The lowest BCUT2D eigenvalue weighted by molar-refractivity contribution is 0.0526. The normalized spacial score (nSPS) is 15.5. The van der Waals surface area contributed by atoms with Gasteiger partial charge in [0.2, 0.25) is 0 Å². The van der Waals surface area contributed by atoms with E-state index in [2.05, 4.69) is 37.0 Å². The van der Waals surface area contributed by atoms with Crippen LogP contribution in [-0.2, 0) is 23.0 Å². The molecule has 25 heavy (non-hydrogen) atoms. The van der Waals surface area contributed by atoms with E-state index < -0.39 is 0 Å². The Hall–Kier alpha value is -1.81. The minimum atomic E-state index is -0.309. The van der Waals surface area contributed by atoms with Crippen molar-refractivity contribution in [3.05, 3.63) is 58.9 Å². The summed E-state index contributed by atoms with van der Waals surface area (Å²) in [4.78, 5) is 17.5. The Bertz CT molecular complexity index is 753. The number of fused-ring (bicyclic) bond motifs is 1. The van der Waals surface area contributed by atoms with E-state index in [-0.39, 0.29) is 11.4 Å². The number of rotatable bonds is 5. The zero-order chi connectivity index (χ0) is 17.9. The third-order valence-electron chi connectivity index (χ3n) is 4.76. The fraction of sp³-hybridized carbons (Fsp3) is 0.429. The maximum Gasteiger partial charge on any atom is 0.339 e. The molecule has 3 rings (SSSR count). The van der Waals surface area contributed by atoms with Crippen LogP contribution < -0.4 is 0 Å². The molecule has 0 spiro atoms. The van der Waals surface area contributed by atoms with Gasteiger partial charge in [-0.3, -0.25) is 4.98 Å². The molecule has 132 valence electrons. The Labute approximate surface area is 154 Å². The summed E-state index contributed by atoms with van der Waals surface area (Å²) >= 11 is 1.97. The Morgan fingerprint density at radius 3 is 2.80 bits per heavy atom. The summed E-state index contributed by atoms with van der Waals surface area (Å²) in [6.45, 7) is 6.86. The van der Waals surface area contributed by atoms with E-state index in [1.165, 1.54) is 28.2 Å². The maximum absolute atomic E-state index is 11.7. The molecule has 0 saturated carbocycles. The Kier molecular flexibility index (Phi) is 5.48. The van der Waals surface area contributed by atoms with Crippen molar-refractivity contribution >= 4 is 17.7 Å². The van der Waals surface area contributed by atoms with Crippen LogP contribution in [0.2, 0.25) is 0 Å². The van der Waals surface area contributed by atoms with Crippen molar-refractivity contribution in [2.45, 2.75) is 50.3 Å². The van der Waals surface area contributed by atoms with E-state index in [0.29, 0.717) is 12.2 Å². The number of hydrogen-bond donors (Lipinski definition) is 0. The van der Waals surface area contributed by atoms with Crippen LogP contribution in [0.5, 0.6) is 0 Å². The van der Waals surface area contributed by atoms with E-state index >= 15 is 0 Å². The van der Waals surface area contributed by atoms with Crippen molar-refractivity contribution < 1.29 is 9.53 Å². The molecule has 4 heteroatoms. The van der Waals surface area contributed by atoms with Gasteiger partial charge in [-0.05, 0) is 66.7 Å². The van der Waals surface area contributed by atoms with Crippen molar-refractivity contribution in [2.75, 3.05) is 12.4 Å². The first-order valence-corrected chi connectivity index (χ1v) is 9.86. The van der Waals surface area contributed by atoms with E-state index in [4.69, 9.17) is 4.74 Å². The summed E-state index contributed by atoms with van der Waals surface area (Å²) < 4.78 is 4.99. The summed E-state index contributed by atoms with van der Waals surface area (Å²) in [6, 6.07) is 10.6. The first-order chi connectivity index (χ1) is 12.0. The molecule has 0 bridgehead atoms. The van der Waals surface area contributed by atoms with Gasteiger partial charge in [-0.15, -0.1) is 11.8 Å². The topological polar surface area (TPSA) is 39.2 Å². The number of thioether (sulfide) groups is 1. The number of aromatic nitrogens is 1. The van der Waals surface area contributed by atoms with Gasteiger partial charge in [-0.25, -0.2) is 4.79 Å². The van der Waals surface area contributed by atoms with E-state index in [1.807, 2.05) is 17.8 Å². The lowest BCUT2D eigenvalue weighted by atomic mass is 9.81. The van der Waals surface area contributed by atoms with E-state index in [0.717, 1.165) is 18.5 Å². The monoisotopic (exact) mass is 355 g/mol. The van der Waals surface area contributed by atoms with E-state index in [9.17, 15) is 4.79 Å². The van der Waals surface area contributed by atoms with E-state index in [1.54, 1.807) is 19.2 Å². The molecule has 0 N–H and O–H groups in total. The van der Waals surface area contributed by atoms with Crippen molar-refractivity contribution in [3.63, 3.8) is 0 Å². The molecule has 0 amide bonds. The smallest absolute Gasteiger partial charge is 0.339 e. The average Bonchev–Trinajstić information content (AvgIpc) is 2.61. The van der Waals surface area contributed by atoms with Gasteiger partial charge in [0.05, 0.1) is 12.2 Å². The highest BCUT2D eigenvalue weighted by atomic mass is 32.2. The zero-order valence-corrected chi connectivity index (χ0v) is 16.0. The van der Waals surface area contributed by atoms with Crippen LogP contribution in [0.3, 0.4) is 0 Å². The molecule has 0 aliphatic carbocycles. The lowest BCUT2D eigenvalue weighted by Crippen LogP contribution is -2.22. The number of carbonyl (C=O) groups excluding carboxylic acids is 1. The van der Waals surface area contributed by atoms with Crippen LogP contribution in [0.4, 0.5) is 0 Å². The van der Waals surface area contributed by atoms with Crippen molar-refractivity contribution in [3.8, 4) is 0 Å². The lowest BCUT2D eigenvalue weighted by Gasteiger charge is -2.32. The van der Waals surface area contributed by atoms with Crippen LogP contribution in [0, 0.1) is 0 Å². The minimum Gasteiger partial charge on any atom is -0.462 e. The first kappa shape index (κ1) is 18.0. The third-order valence-corrected chi connectivity index (χ3v) is 5.84. The van der Waals surface area contributed by atoms with Gasteiger partial charge in [0, 0.05) is 16.8 Å². The number of benzene rings is 1. The van der Waals surface area contributed by atoms with Gasteiger partial charge in [0.25, 0.3) is 0 Å². The zero-order valence-electron chi connectivity index (χ0n) is 15.2. The molecule has 1 aliphatic heterocycles. The van der Waals surface area contributed by atoms with Crippen LogP contribution in [-0.4, -0.2) is 23.3 Å². The van der Waals surface area contributed by atoms with Gasteiger partial charge in [-0.2, -0.15) is 0 Å². The van der Waals surface area contributed by atoms with Gasteiger partial charge in [0.1, 0.15) is 0 Å². The van der Waals surface area contributed by atoms with Crippen LogP contribution >= 0.6 is 11.8 Å². The maximum atomic E-state index is 11.7. The quantitative estimate of drug-likeness (QED) is 0.721. The summed E-state index contributed by atoms with van der Waals surface area (Å²) in [5.41, 5.74) is 4.60. The molecule has 0 radical (unpaired) electrons. The van der Waals surface area contributed by atoms with Gasteiger partial charge in [0.15, 0.2) is 0 Å². The summed E-state index contributed by atoms with van der Waals surface area (Å²) in [7, 11) is 0. The third kappa shape index (κ3) is 4.24. The van der Waals surface area contributed by atoms with Crippen LogP contribution in [0.15, 0.2) is 41.4 Å². The first-order valence-electron chi connectivity index (χ1n) is 8.88. The molecule has 0 fully saturated rings. The number of esters is 1. The minimum absolute atomic E-state index is 0.260.